The van der Waals surface area contributed by atoms with Gasteiger partial charge < -0.3 is 4.18 Å². The maximum atomic E-state index is 13.0. The first-order valence-corrected chi connectivity index (χ1v) is 6.92. The minimum atomic E-state index is -4.48. The highest BCUT2D eigenvalue weighted by molar-refractivity contribution is 7.87. The first-order chi connectivity index (χ1) is 9.28. The molecule has 0 aliphatic carbocycles. The topological polar surface area (TPSA) is 43.4 Å². The molecule has 0 unspecified atom stereocenters. The van der Waals surface area contributed by atoms with E-state index in [-0.39, 0.29) is 10.8 Å². The Hall–Kier alpha value is -1.73. The largest absolute Gasteiger partial charge is 0.377 e. The number of hydrogen-bond donors (Lipinski definition) is 0. The number of halogens is 4. The summed E-state index contributed by atoms with van der Waals surface area (Å²) in [6.07, 6.45) is 0. The van der Waals surface area contributed by atoms with E-state index in [2.05, 4.69) is 4.18 Å². The van der Waals surface area contributed by atoms with E-state index in [0.29, 0.717) is 18.2 Å². The highest BCUT2D eigenvalue weighted by atomic mass is 35.5. The molecule has 0 radical (unpaired) electrons. The van der Waals surface area contributed by atoms with E-state index >= 15 is 0 Å². The summed E-state index contributed by atoms with van der Waals surface area (Å²) in [5, 5.41) is -0.287. The molecule has 2 aromatic rings. The molecule has 2 rings (SSSR count). The normalized spacial score (nSPS) is 11.4. The van der Waals surface area contributed by atoms with Crippen molar-refractivity contribution in [2.45, 2.75) is 4.90 Å². The average Bonchev–Trinajstić information content (AvgIpc) is 2.31. The summed E-state index contributed by atoms with van der Waals surface area (Å²) in [6.45, 7) is 0. The molecule has 106 valence electrons. The van der Waals surface area contributed by atoms with Gasteiger partial charge in [0.15, 0.2) is 5.75 Å². The van der Waals surface area contributed by atoms with Crippen molar-refractivity contribution in [1.82, 2.24) is 0 Å². The molecule has 0 spiro atoms. The lowest BCUT2D eigenvalue weighted by atomic mass is 10.3. The first-order valence-electron chi connectivity index (χ1n) is 5.13. The fourth-order valence-electron chi connectivity index (χ4n) is 1.38. The summed E-state index contributed by atoms with van der Waals surface area (Å²) in [6, 6.07) is 4.47. The van der Waals surface area contributed by atoms with Crippen molar-refractivity contribution >= 4 is 21.7 Å². The molecule has 0 saturated heterocycles. The van der Waals surface area contributed by atoms with Crippen molar-refractivity contribution in [3.05, 3.63) is 58.9 Å². The average molecular weight is 323 g/mol. The highest BCUT2D eigenvalue weighted by Gasteiger charge is 2.20. The van der Waals surface area contributed by atoms with Crippen molar-refractivity contribution in [3.8, 4) is 5.75 Å². The molecule has 8 heteroatoms. The first kappa shape index (κ1) is 14.7. The van der Waals surface area contributed by atoms with Gasteiger partial charge in [-0.25, -0.2) is 13.2 Å². The van der Waals surface area contributed by atoms with E-state index in [4.69, 9.17) is 11.6 Å². The highest BCUT2D eigenvalue weighted by Crippen LogP contribution is 2.28. The van der Waals surface area contributed by atoms with Crippen molar-refractivity contribution in [1.29, 1.82) is 0 Å². The molecule has 2 aromatic carbocycles. The Labute approximate surface area is 117 Å². The summed E-state index contributed by atoms with van der Waals surface area (Å²) in [5.41, 5.74) is 0. The third-order valence-corrected chi connectivity index (χ3v) is 3.73. The van der Waals surface area contributed by atoms with Gasteiger partial charge in [-0.05, 0) is 30.3 Å². The van der Waals surface area contributed by atoms with Gasteiger partial charge in [0.25, 0.3) is 0 Å². The van der Waals surface area contributed by atoms with E-state index in [1.807, 2.05) is 0 Å². The number of rotatable bonds is 3. The molecule has 0 N–H and O–H groups in total. The lowest BCUT2D eigenvalue weighted by Crippen LogP contribution is -2.10. The standard InChI is InChI=1S/C12H6ClF3O3S/c13-11-6-7(14)1-2-12(11)19-20(17,18)10-4-8(15)3-9(16)5-10/h1-6H. The molecule has 3 nitrogen and oxygen atoms in total. The van der Waals surface area contributed by atoms with Gasteiger partial charge in [0, 0.05) is 6.07 Å². The molecule has 0 aliphatic heterocycles. The van der Waals surface area contributed by atoms with Crippen LogP contribution in [0.3, 0.4) is 0 Å². The van der Waals surface area contributed by atoms with E-state index in [1.165, 1.54) is 0 Å². The van der Waals surface area contributed by atoms with Crippen LogP contribution in [0.25, 0.3) is 0 Å². The Morgan fingerprint density at radius 1 is 0.900 bits per heavy atom. The minimum absolute atomic E-state index is 0.287. The van der Waals surface area contributed by atoms with Crippen LogP contribution in [-0.2, 0) is 10.1 Å². The lowest BCUT2D eigenvalue weighted by Gasteiger charge is -2.08. The predicted molar refractivity (Wildman–Crippen MR) is 65.6 cm³/mol. The molecule has 0 fully saturated rings. The molecular weight excluding hydrogens is 317 g/mol. The Bertz CT molecular complexity index is 742. The zero-order valence-electron chi connectivity index (χ0n) is 9.61. The van der Waals surface area contributed by atoms with Crippen LogP contribution in [0.5, 0.6) is 5.75 Å². The monoisotopic (exact) mass is 322 g/mol. The molecule has 0 aliphatic rings. The number of benzene rings is 2. The minimum Gasteiger partial charge on any atom is -0.377 e. The van der Waals surface area contributed by atoms with Crippen molar-refractivity contribution in [2.75, 3.05) is 0 Å². The van der Waals surface area contributed by atoms with Gasteiger partial charge in [-0.3, -0.25) is 0 Å². The molecular formula is C12H6ClF3O3S. The van der Waals surface area contributed by atoms with E-state index in [0.717, 1.165) is 18.2 Å². The van der Waals surface area contributed by atoms with E-state index < -0.39 is 32.5 Å². The maximum absolute atomic E-state index is 13.0. The molecule has 0 atom stereocenters. The van der Waals surface area contributed by atoms with Crippen LogP contribution in [-0.4, -0.2) is 8.42 Å². The Morgan fingerprint density at radius 3 is 2.05 bits per heavy atom. The SMILES string of the molecule is O=S(=O)(Oc1ccc(F)cc1Cl)c1cc(F)cc(F)c1. The van der Waals surface area contributed by atoms with Crippen molar-refractivity contribution in [3.63, 3.8) is 0 Å². The lowest BCUT2D eigenvalue weighted by molar-refractivity contribution is 0.481. The maximum Gasteiger partial charge on any atom is 0.339 e. The van der Waals surface area contributed by atoms with Gasteiger partial charge >= 0.3 is 10.1 Å². The second-order valence-electron chi connectivity index (χ2n) is 3.72. The zero-order valence-corrected chi connectivity index (χ0v) is 11.2. The fraction of sp³-hybridized carbons (Fsp3) is 0. The van der Waals surface area contributed by atoms with Gasteiger partial charge in [0.05, 0.1) is 5.02 Å². The molecule has 0 aromatic heterocycles. The summed E-state index contributed by atoms with van der Waals surface area (Å²) in [7, 11) is -4.48. The molecule has 0 amide bonds. The molecule has 0 saturated carbocycles. The van der Waals surface area contributed by atoms with Crippen molar-refractivity contribution < 1.29 is 25.8 Å². The van der Waals surface area contributed by atoms with Crippen LogP contribution in [0.15, 0.2) is 41.3 Å². The summed E-state index contributed by atoms with van der Waals surface area (Å²) in [5.74, 6) is -3.18. The summed E-state index contributed by atoms with van der Waals surface area (Å²) < 4.78 is 67.1. The van der Waals surface area contributed by atoms with Crippen molar-refractivity contribution in [2.24, 2.45) is 0 Å². The van der Waals surface area contributed by atoms with Crippen LogP contribution in [0.1, 0.15) is 0 Å². The Kier molecular flexibility index (Phi) is 3.92. The van der Waals surface area contributed by atoms with Gasteiger partial charge in [0.1, 0.15) is 22.3 Å². The summed E-state index contributed by atoms with van der Waals surface area (Å²) >= 11 is 5.61. The smallest absolute Gasteiger partial charge is 0.339 e. The molecule has 0 heterocycles. The Balaban J connectivity index is 2.40. The van der Waals surface area contributed by atoms with Crippen LogP contribution < -0.4 is 4.18 Å². The molecule has 0 bridgehead atoms. The quantitative estimate of drug-likeness (QED) is 0.812. The van der Waals surface area contributed by atoms with Gasteiger partial charge in [-0.15, -0.1) is 0 Å². The third kappa shape index (κ3) is 3.23. The van der Waals surface area contributed by atoms with Crippen LogP contribution in [0.4, 0.5) is 13.2 Å². The van der Waals surface area contributed by atoms with E-state index in [1.54, 1.807) is 0 Å². The van der Waals surface area contributed by atoms with Gasteiger partial charge in [0.2, 0.25) is 0 Å². The zero-order chi connectivity index (χ0) is 14.9. The third-order valence-electron chi connectivity index (χ3n) is 2.22. The predicted octanol–water partition coefficient (Wildman–Crippen LogP) is 3.53. The fourth-order valence-corrected chi connectivity index (χ4v) is 2.63. The van der Waals surface area contributed by atoms with E-state index in [9.17, 15) is 21.6 Å². The molecule has 20 heavy (non-hydrogen) atoms. The second kappa shape index (κ2) is 5.34. The van der Waals surface area contributed by atoms with Gasteiger partial charge in [-0.1, -0.05) is 11.6 Å². The van der Waals surface area contributed by atoms with Crippen LogP contribution in [0.2, 0.25) is 5.02 Å². The van der Waals surface area contributed by atoms with Crippen LogP contribution in [0, 0.1) is 17.5 Å². The second-order valence-corrected chi connectivity index (χ2v) is 5.67. The summed E-state index contributed by atoms with van der Waals surface area (Å²) in [4.78, 5) is -0.713. The van der Waals surface area contributed by atoms with Crippen LogP contribution >= 0.6 is 11.6 Å². The number of hydrogen-bond acceptors (Lipinski definition) is 3. The van der Waals surface area contributed by atoms with Gasteiger partial charge in [-0.2, -0.15) is 8.42 Å². The Morgan fingerprint density at radius 2 is 1.50 bits per heavy atom.